The summed E-state index contributed by atoms with van der Waals surface area (Å²) in [5, 5.41) is 3.01. The van der Waals surface area contributed by atoms with Gasteiger partial charge in [0, 0.05) is 11.6 Å². The first-order valence-electron chi connectivity index (χ1n) is 6.02. The van der Waals surface area contributed by atoms with E-state index < -0.39 is 0 Å². The second-order valence-corrected chi connectivity index (χ2v) is 5.29. The smallest absolute Gasteiger partial charge is 0.234 e. The molecule has 16 heavy (non-hydrogen) atoms. The quantitative estimate of drug-likeness (QED) is 0.683. The van der Waals surface area contributed by atoms with Crippen LogP contribution in [0.1, 0.15) is 40.5 Å². The van der Waals surface area contributed by atoms with Crippen LogP contribution in [0.25, 0.3) is 0 Å². The van der Waals surface area contributed by atoms with Gasteiger partial charge in [-0.2, -0.15) is 0 Å². The van der Waals surface area contributed by atoms with Gasteiger partial charge >= 0.3 is 0 Å². The maximum atomic E-state index is 11.7. The molecule has 3 N–H and O–H groups in total. The van der Waals surface area contributed by atoms with E-state index >= 15 is 0 Å². The minimum atomic E-state index is -0.112. The topological polar surface area (TPSA) is 58.4 Å². The molecule has 0 bridgehead atoms. The highest BCUT2D eigenvalue weighted by Gasteiger charge is 2.18. The van der Waals surface area contributed by atoms with E-state index in [9.17, 15) is 4.79 Å². The van der Waals surface area contributed by atoms with E-state index in [4.69, 9.17) is 5.73 Å². The van der Waals surface area contributed by atoms with Gasteiger partial charge in [0.1, 0.15) is 0 Å². The predicted octanol–water partition coefficient (Wildman–Crippen LogP) is 0.960. The van der Waals surface area contributed by atoms with Gasteiger partial charge in [-0.1, -0.05) is 6.92 Å². The number of carbonyl (C=O) groups is 1. The lowest BCUT2D eigenvalue weighted by atomic mass is 10.0. The Balaban J connectivity index is 3.87. The van der Waals surface area contributed by atoms with Crippen LogP contribution >= 0.6 is 0 Å². The third-order valence-corrected chi connectivity index (χ3v) is 2.74. The lowest BCUT2D eigenvalue weighted by Crippen LogP contribution is -2.47. The molecule has 0 heterocycles. The first-order chi connectivity index (χ1) is 7.26. The van der Waals surface area contributed by atoms with Crippen LogP contribution < -0.4 is 11.1 Å². The minimum Gasteiger partial charge on any atom is -0.350 e. The summed E-state index contributed by atoms with van der Waals surface area (Å²) in [5.41, 5.74) is 5.56. The molecule has 0 saturated heterocycles. The van der Waals surface area contributed by atoms with Crippen molar-refractivity contribution >= 4 is 5.91 Å². The molecule has 1 atom stereocenters. The summed E-state index contributed by atoms with van der Waals surface area (Å²) in [6.07, 6.45) is 1.85. The van der Waals surface area contributed by atoms with Gasteiger partial charge in [-0.3, -0.25) is 9.69 Å². The van der Waals surface area contributed by atoms with E-state index in [0.29, 0.717) is 6.54 Å². The lowest BCUT2D eigenvalue weighted by molar-refractivity contribution is -0.123. The molecule has 96 valence electrons. The normalized spacial score (nSPS) is 13.9. The number of hydrogen-bond acceptors (Lipinski definition) is 3. The molecule has 0 saturated carbocycles. The van der Waals surface area contributed by atoms with Crippen LogP contribution in [0.3, 0.4) is 0 Å². The highest BCUT2D eigenvalue weighted by molar-refractivity contribution is 5.78. The number of carbonyl (C=O) groups excluding carboxylic acids is 1. The van der Waals surface area contributed by atoms with Gasteiger partial charge in [-0.25, -0.2) is 0 Å². The van der Waals surface area contributed by atoms with Crippen molar-refractivity contribution in [2.75, 3.05) is 20.1 Å². The Morgan fingerprint density at radius 1 is 1.50 bits per heavy atom. The number of amides is 1. The number of rotatable bonds is 7. The number of nitrogens with zero attached hydrogens (tertiary/aromatic N) is 1. The lowest BCUT2D eigenvalue weighted by Gasteiger charge is -2.26. The average Bonchev–Trinajstić information content (AvgIpc) is 2.13. The summed E-state index contributed by atoms with van der Waals surface area (Å²) >= 11 is 0. The van der Waals surface area contributed by atoms with Gasteiger partial charge in [0.15, 0.2) is 0 Å². The fourth-order valence-corrected chi connectivity index (χ4v) is 1.25. The van der Waals surface area contributed by atoms with Gasteiger partial charge in [-0.15, -0.1) is 0 Å². The van der Waals surface area contributed by atoms with Crippen LogP contribution in [-0.4, -0.2) is 42.5 Å². The third kappa shape index (κ3) is 7.65. The summed E-state index contributed by atoms with van der Waals surface area (Å²) in [4.78, 5) is 13.7. The van der Waals surface area contributed by atoms with E-state index in [0.717, 1.165) is 19.4 Å². The summed E-state index contributed by atoms with van der Waals surface area (Å²) in [5.74, 6) is 0.0824. The molecular weight excluding hydrogens is 202 g/mol. The SMILES string of the molecule is CCC(C)(C)NC(=O)CN(C)CCC(C)N. The van der Waals surface area contributed by atoms with Gasteiger partial charge in [0.25, 0.3) is 0 Å². The Kier molecular flexibility index (Phi) is 6.60. The van der Waals surface area contributed by atoms with Crippen molar-refractivity contribution in [2.45, 2.75) is 52.1 Å². The van der Waals surface area contributed by atoms with Crippen LogP contribution in [0.2, 0.25) is 0 Å². The van der Waals surface area contributed by atoms with Crippen LogP contribution in [0.15, 0.2) is 0 Å². The molecule has 1 amide bonds. The summed E-state index contributed by atoms with van der Waals surface area (Å²) in [6.45, 7) is 9.42. The van der Waals surface area contributed by atoms with Crippen molar-refractivity contribution in [2.24, 2.45) is 5.73 Å². The van der Waals surface area contributed by atoms with Crippen molar-refractivity contribution in [3.05, 3.63) is 0 Å². The molecule has 0 spiro atoms. The molecule has 0 aliphatic carbocycles. The third-order valence-electron chi connectivity index (χ3n) is 2.74. The standard InChI is InChI=1S/C12H27N3O/c1-6-12(3,4)14-11(16)9-15(5)8-7-10(2)13/h10H,6-9,13H2,1-5H3,(H,14,16). The molecular formula is C12H27N3O. The molecule has 4 nitrogen and oxygen atoms in total. The van der Waals surface area contributed by atoms with Crippen LogP contribution in [0.4, 0.5) is 0 Å². The summed E-state index contributed by atoms with van der Waals surface area (Å²) in [6, 6.07) is 0.192. The first kappa shape index (κ1) is 15.4. The largest absolute Gasteiger partial charge is 0.350 e. The molecule has 0 rings (SSSR count). The van der Waals surface area contributed by atoms with E-state index in [1.54, 1.807) is 0 Å². The van der Waals surface area contributed by atoms with E-state index in [2.05, 4.69) is 12.2 Å². The van der Waals surface area contributed by atoms with Crippen molar-refractivity contribution in [1.82, 2.24) is 10.2 Å². The van der Waals surface area contributed by atoms with Gasteiger partial charge in [0.2, 0.25) is 5.91 Å². The maximum Gasteiger partial charge on any atom is 0.234 e. The highest BCUT2D eigenvalue weighted by Crippen LogP contribution is 2.06. The van der Waals surface area contributed by atoms with Gasteiger partial charge in [-0.05, 0) is 47.2 Å². The Labute approximate surface area is 99.6 Å². The molecule has 0 aliphatic rings. The van der Waals surface area contributed by atoms with Crippen LogP contribution in [-0.2, 0) is 4.79 Å². The van der Waals surface area contributed by atoms with Gasteiger partial charge in [0.05, 0.1) is 6.54 Å². The summed E-state index contributed by atoms with van der Waals surface area (Å²) in [7, 11) is 1.95. The fourth-order valence-electron chi connectivity index (χ4n) is 1.25. The molecule has 0 aromatic heterocycles. The number of hydrogen-bond donors (Lipinski definition) is 2. The fraction of sp³-hybridized carbons (Fsp3) is 0.917. The van der Waals surface area contributed by atoms with Crippen molar-refractivity contribution < 1.29 is 4.79 Å². The zero-order chi connectivity index (χ0) is 12.8. The molecule has 0 fully saturated rings. The Morgan fingerprint density at radius 2 is 2.06 bits per heavy atom. The first-order valence-corrected chi connectivity index (χ1v) is 6.02. The Hall–Kier alpha value is -0.610. The Bertz CT molecular complexity index is 214. The molecule has 4 heteroatoms. The monoisotopic (exact) mass is 229 g/mol. The molecule has 0 aromatic rings. The molecule has 0 aliphatic heterocycles. The zero-order valence-corrected chi connectivity index (χ0v) is 11.3. The number of nitrogens with two attached hydrogens (primary N) is 1. The van der Waals surface area contributed by atoms with Crippen molar-refractivity contribution in [3.63, 3.8) is 0 Å². The second-order valence-electron chi connectivity index (χ2n) is 5.29. The van der Waals surface area contributed by atoms with Crippen molar-refractivity contribution in [1.29, 1.82) is 0 Å². The number of nitrogens with one attached hydrogen (secondary N) is 1. The number of likely N-dealkylation sites (N-methyl/N-ethyl adjacent to an activating group) is 1. The van der Waals surface area contributed by atoms with Crippen molar-refractivity contribution in [3.8, 4) is 0 Å². The molecule has 0 radical (unpaired) electrons. The minimum absolute atomic E-state index is 0.0824. The van der Waals surface area contributed by atoms with E-state index in [1.807, 2.05) is 32.7 Å². The van der Waals surface area contributed by atoms with Crippen LogP contribution in [0.5, 0.6) is 0 Å². The zero-order valence-electron chi connectivity index (χ0n) is 11.3. The average molecular weight is 229 g/mol. The Morgan fingerprint density at radius 3 is 2.50 bits per heavy atom. The van der Waals surface area contributed by atoms with E-state index in [-0.39, 0.29) is 17.5 Å². The molecule has 1 unspecified atom stereocenters. The van der Waals surface area contributed by atoms with Crippen LogP contribution in [0, 0.1) is 0 Å². The second kappa shape index (κ2) is 6.86. The summed E-state index contributed by atoms with van der Waals surface area (Å²) < 4.78 is 0. The molecule has 0 aromatic carbocycles. The van der Waals surface area contributed by atoms with E-state index in [1.165, 1.54) is 0 Å². The maximum absolute atomic E-state index is 11.7. The highest BCUT2D eigenvalue weighted by atomic mass is 16.2. The van der Waals surface area contributed by atoms with Gasteiger partial charge < -0.3 is 11.1 Å². The predicted molar refractivity (Wildman–Crippen MR) is 68.3 cm³/mol.